The fraction of sp³-hybridized carbons (Fsp3) is 0.273. The predicted octanol–water partition coefficient (Wildman–Crippen LogP) is 1.04. The molecule has 0 saturated carbocycles. The van der Waals surface area contributed by atoms with Crippen molar-refractivity contribution >= 4 is 39.6 Å². The van der Waals surface area contributed by atoms with Gasteiger partial charge in [0.05, 0.1) is 24.6 Å². The molecule has 1 aromatic heterocycles. The highest BCUT2D eigenvalue weighted by molar-refractivity contribution is 5.96. The van der Waals surface area contributed by atoms with E-state index in [-0.39, 0.29) is 30.2 Å². The third-order valence-electron chi connectivity index (χ3n) is 5.41. The summed E-state index contributed by atoms with van der Waals surface area (Å²) in [7, 11) is 1.24. The van der Waals surface area contributed by atoms with E-state index in [2.05, 4.69) is 10.1 Å². The number of ether oxygens (including phenoxy) is 1. The van der Waals surface area contributed by atoms with E-state index in [0.717, 1.165) is 0 Å². The number of nitrogens with one attached hydrogen (secondary N) is 1. The number of hydrogen-bond donors (Lipinski definition) is 1. The molecule has 1 saturated heterocycles. The molecule has 30 heavy (non-hydrogen) atoms. The van der Waals surface area contributed by atoms with Gasteiger partial charge in [0.15, 0.2) is 5.43 Å². The van der Waals surface area contributed by atoms with Crippen molar-refractivity contribution in [1.82, 2.24) is 14.8 Å². The molecule has 0 aliphatic carbocycles. The van der Waals surface area contributed by atoms with Gasteiger partial charge < -0.3 is 19.5 Å². The molecule has 1 aliphatic rings. The van der Waals surface area contributed by atoms with Crippen molar-refractivity contribution in [2.75, 3.05) is 20.2 Å². The molecule has 2 aromatic carbocycles. The maximum atomic E-state index is 13.3. The van der Waals surface area contributed by atoms with Gasteiger partial charge in [0, 0.05) is 23.9 Å². The fourth-order valence-electron chi connectivity index (χ4n) is 3.93. The van der Waals surface area contributed by atoms with Crippen LogP contribution in [0.1, 0.15) is 6.42 Å². The molecule has 3 aromatic rings. The minimum absolute atomic E-state index is 0.0632. The molecule has 2 amide bonds. The summed E-state index contributed by atoms with van der Waals surface area (Å²) < 4.78 is 6.47. The number of amides is 2. The molecular weight excluding hydrogens is 386 g/mol. The Morgan fingerprint density at radius 2 is 1.63 bits per heavy atom. The van der Waals surface area contributed by atoms with Crippen LogP contribution < -0.4 is 10.7 Å². The molecule has 0 radical (unpaired) electrons. The average molecular weight is 407 g/mol. The van der Waals surface area contributed by atoms with Crippen LogP contribution in [0.4, 0.5) is 0 Å². The lowest BCUT2D eigenvalue weighted by Crippen LogP contribution is -2.58. The van der Waals surface area contributed by atoms with E-state index in [0.29, 0.717) is 34.9 Å². The first-order valence-corrected chi connectivity index (χ1v) is 9.65. The van der Waals surface area contributed by atoms with Gasteiger partial charge in [-0.25, -0.2) is 0 Å². The summed E-state index contributed by atoms with van der Waals surface area (Å²) in [5.74, 6) is -1.25. The number of aromatic nitrogens is 1. The number of rotatable bonds is 4. The molecule has 4 rings (SSSR count). The van der Waals surface area contributed by atoms with Crippen molar-refractivity contribution in [1.29, 1.82) is 0 Å². The van der Waals surface area contributed by atoms with Crippen LogP contribution in [0.2, 0.25) is 0 Å². The van der Waals surface area contributed by atoms with Gasteiger partial charge in [-0.05, 0) is 24.3 Å². The van der Waals surface area contributed by atoms with Crippen molar-refractivity contribution in [3.05, 3.63) is 58.8 Å². The monoisotopic (exact) mass is 407 g/mol. The number of para-hydroxylation sites is 2. The Bertz CT molecular complexity index is 1160. The highest BCUT2D eigenvalue weighted by Gasteiger charge is 2.35. The molecule has 0 spiro atoms. The highest BCUT2D eigenvalue weighted by atomic mass is 16.5. The van der Waals surface area contributed by atoms with Crippen molar-refractivity contribution in [3.8, 4) is 0 Å². The Hall–Kier alpha value is -3.68. The van der Waals surface area contributed by atoms with E-state index in [9.17, 15) is 19.2 Å². The molecule has 1 aliphatic heterocycles. The molecule has 1 fully saturated rings. The minimum Gasteiger partial charge on any atom is -0.469 e. The number of benzene rings is 2. The number of carbonyl (C=O) groups excluding carboxylic acids is 3. The van der Waals surface area contributed by atoms with Crippen LogP contribution in [0, 0.1) is 0 Å². The Morgan fingerprint density at radius 1 is 1.03 bits per heavy atom. The highest BCUT2D eigenvalue weighted by Crippen LogP contribution is 2.20. The van der Waals surface area contributed by atoms with Crippen molar-refractivity contribution in [2.24, 2.45) is 0 Å². The largest absolute Gasteiger partial charge is 0.469 e. The van der Waals surface area contributed by atoms with Gasteiger partial charge >= 0.3 is 5.97 Å². The molecule has 1 unspecified atom stereocenters. The van der Waals surface area contributed by atoms with Crippen molar-refractivity contribution in [2.45, 2.75) is 19.0 Å². The second-order valence-corrected chi connectivity index (χ2v) is 7.12. The van der Waals surface area contributed by atoms with Crippen molar-refractivity contribution in [3.63, 3.8) is 0 Å². The zero-order valence-corrected chi connectivity index (χ0v) is 16.5. The van der Waals surface area contributed by atoms with Gasteiger partial charge in [-0.15, -0.1) is 0 Å². The molecule has 8 nitrogen and oxygen atoms in total. The Labute approximate surface area is 172 Å². The number of piperazine rings is 1. The first-order chi connectivity index (χ1) is 14.5. The number of pyridine rings is 1. The van der Waals surface area contributed by atoms with Gasteiger partial charge in [0.1, 0.15) is 12.6 Å². The van der Waals surface area contributed by atoms with Gasteiger partial charge in [-0.1, -0.05) is 24.3 Å². The first-order valence-electron chi connectivity index (χ1n) is 9.65. The van der Waals surface area contributed by atoms with Gasteiger partial charge in [0.2, 0.25) is 11.8 Å². The van der Waals surface area contributed by atoms with E-state index in [1.54, 1.807) is 41.0 Å². The van der Waals surface area contributed by atoms with E-state index in [1.807, 2.05) is 12.1 Å². The molecular formula is C22H21N3O5. The van der Waals surface area contributed by atoms with Crippen LogP contribution in [-0.4, -0.2) is 53.5 Å². The lowest BCUT2D eigenvalue weighted by molar-refractivity contribution is -0.150. The van der Waals surface area contributed by atoms with Crippen LogP contribution in [-0.2, 0) is 25.7 Å². The summed E-state index contributed by atoms with van der Waals surface area (Å²) in [6.45, 7) is 0.544. The summed E-state index contributed by atoms with van der Waals surface area (Å²) in [4.78, 5) is 51.6. The number of fused-ring (bicyclic) bond motifs is 2. The third-order valence-corrected chi connectivity index (χ3v) is 5.41. The first kappa shape index (κ1) is 19.6. The van der Waals surface area contributed by atoms with E-state index in [4.69, 9.17) is 0 Å². The van der Waals surface area contributed by atoms with Crippen LogP contribution >= 0.6 is 0 Å². The summed E-state index contributed by atoms with van der Waals surface area (Å²) >= 11 is 0. The smallest absolute Gasteiger partial charge is 0.308 e. The maximum absolute atomic E-state index is 13.3. The molecule has 1 atom stereocenters. The summed E-state index contributed by atoms with van der Waals surface area (Å²) in [5.41, 5.74) is 1.19. The SMILES string of the molecule is COC(=O)CC1C(=O)NCCN1C(=O)Cn1c2ccccc2c(=O)c2ccccc21. The number of esters is 1. The fourth-order valence-corrected chi connectivity index (χ4v) is 3.93. The lowest BCUT2D eigenvalue weighted by Gasteiger charge is -2.35. The molecule has 8 heteroatoms. The maximum Gasteiger partial charge on any atom is 0.308 e. The standard InChI is InChI=1S/C22H21N3O5/c1-30-20(27)12-18-22(29)23-10-11-24(18)19(26)13-25-16-8-4-2-6-14(16)21(28)15-7-3-5-9-17(15)25/h2-9,18H,10-13H2,1H3,(H,23,29). The third kappa shape index (κ3) is 3.41. The number of carbonyl (C=O) groups is 3. The molecule has 154 valence electrons. The summed E-state index contributed by atoms with van der Waals surface area (Å²) in [6, 6.07) is 13.3. The quantitative estimate of drug-likeness (QED) is 0.515. The van der Waals surface area contributed by atoms with Crippen molar-refractivity contribution < 1.29 is 19.1 Å². The molecule has 1 N–H and O–H groups in total. The zero-order chi connectivity index (χ0) is 21.3. The number of hydrogen-bond acceptors (Lipinski definition) is 5. The van der Waals surface area contributed by atoms with Gasteiger partial charge in [0.25, 0.3) is 0 Å². The number of methoxy groups -OCH3 is 1. The normalized spacial score (nSPS) is 16.5. The average Bonchev–Trinajstić information content (AvgIpc) is 2.77. The molecule has 0 bridgehead atoms. The Balaban J connectivity index is 1.77. The topological polar surface area (TPSA) is 97.7 Å². The number of nitrogens with zero attached hydrogens (tertiary/aromatic N) is 2. The predicted molar refractivity (Wildman–Crippen MR) is 111 cm³/mol. The van der Waals surface area contributed by atoms with Crippen LogP contribution in [0.15, 0.2) is 53.3 Å². The second kappa shape index (κ2) is 7.98. The summed E-state index contributed by atoms with van der Waals surface area (Å²) in [6.07, 6.45) is -0.209. The van der Waals surface area contributed by atoms with E-state index in [1.165, 1.54) is 12.0 Å². The molecule has 2 heterocycles. The zero-order valence-electron chi connectivity index (χ0n) is 16.5. The Morgan fingerprint density at radius 3 is 2.23 bits per heavy atom. The van der Waals surface area contributed by atoms with E-state index < -0.39 is 12.0 Å². The van der Waals surface area contributed by atoms with Gasteiger partial charge in [-0.2, -0.15) is 0 Å². The minimum atomic E-state index is -0.921. The summed E-state index contributed by atoms with van der Waals surface area (Å²) in [5, 5.41) is 3.73. The lowest BCUT2D eigenvalue weighted by atomic mass is 10.1. The van der Waals surface area contributed by atoms with Gasteiger partial charge in [-0.3, -0.25) is 19.2 Å². The Kier molecular flexibility index (Phi) is 5.22. The van der Waals surface area contributed by atoms with Crippen LogP contribution in [0.5, 0.6) is 0 Å². The second-order valence-electron chi connectivity index (χ2n) is 7.12. The van der Waals surface area contributed by atoms with Crippen LogP contribution in [0.3, 0.4) is 0 Å². The van der Waals surface area contributed by atoms with Crippen LogP contribution in [0.25, 0.3) is 21.8 Å². The van der Waals surface area contributed by atoms with E-state index >= 15 is 0 Å².